The molecule has 0 spiro atoms. The van der Waals surface area contributed by atoms with Gasteiger partial charge in [-0.2, -0.15) is 0 Å². The number of benzene rings is 2. The highest BCUT2D eigenvalue weighted by atomic mass is 79.9. The van der Waals surface area contributed by atoms with Crippen LogP contribution in [0.3, 0.4) is 0 Å². The second-order valence-electron chi connectivity index (χ2n) is 5.51. The van der Waals surface area contributed by atoms with Gasteiger partial charge in [0.05, 0.1) is 20.2 Å². The summed E-state index contributed by atoms with van der Waals surface area (Å²) in [6.45, 7) is 0.209. The third-order valence-corrected chi connectivity index (χ3v) is 3.78. The van der Waals surface area contributed by atoms with E-state index in [-0.39, 0.29) is 24.9 Å². The minimum absolute atomic E-state index is 0.100. The van der Waals surface area contributed by atoms with Crippen LogP contribution in [0.15, 0.2) is 53.0 Å². The minimum atomic E-state index is -0.203. The molecule has 7 heteroatoms. The summed E-state index contributed by atoms with van der Waals surface area (Å²) < 4.78 is 6.00. The van der Waals surface area contributed by atoms with Gasteiger partial charge in [0.2, 0.25) is 11.8 Å². The Morgan fingerprint density at radius 3 is 2.12 bits per heavy atom. The van der Waals surface area contributed by atoms with E-state index in [1.165, 1.54) is 0 Å². The quantitative estimate of drug-likeness (QED) is 0.742. The van der Waals surface area contributed by atoms with Crippen LogP contribution in [0.5, 0.6) is 5.75 Å². The summed E-state index contributed by atoms with van der Waals surface area (Å²) in [5, 5.41) is 5.57. The van der Waals surface area contributed by atoms with Crippen LogP contribution >= 0.6 is 15.9 Å². The van der Waals surface area contributed by atoms with Crippen molar-refractivity contribution in [3.8, 4) is 5.75 Å². The molecular weight excluding hydrogens is 386 g/mol. The van der Waals surface area contributed by atoms with Gasteiger partial charge in [-0.25, -0.2) is 0 Å². The lowest BCUT2D eigenvalue weighted by Crippen LogP contribution is -2.36. The Morgan fingerprint density at radius 2 is 1.56 bits per heavy atom. The summed E-state index contributed by atoms with van der Waals surface area (Å²) in [6, 6.07) is 14.4. The first kappa shape index (κ1) is 19.0. The van der Waals surface area contributed by atoms with Crippen molar-refractivity contribution >= 4 is 39.1 Å². The van der Waals surface area contributed by atoms with E-state index in [1.54, 1.807) is 49.4 Å². The van der Waals surface area contributed by atoms with Crippen LogP contribution in [0.1, 0.15) is 0 Å². The highest BCUT2D eigenvalue weighted by Crippen LogP contribution is 2.17. The van der Waals surface area contributed by atoms with Crippen LogP contribution in [-0.2, 0) is 9.59 Å². The molecule has 0 aliphatic rings. The molecule has 0 saturated carbocycles. The summed E-state index contributed by atoms with van der Waals surface area (Å²) in [6.07, 6.45) is 0. The third-order valence-electron chi connectivity index (χ3n) is 3.29. The first-order valence-electron chi connectivity index (χ1n) is 7.64. The predicted octanol–water partition coefficient (Wildman–Crippen LogP) is 2.97. The smallest absolute Gasteiger partial charge is 0.238 e. The number of carbonyl (C=O) groups is 2. The molecule has 0 aliphatic carbocycles. The summed E-state index contributed by atoms with van der Waals surface area (Å²) in [7, 11) is 3.28. The van der Waals surface area contributed by atoms with Crippen LogP contribution in [0, 0.1) is 0 Å². The van der Waals surface area contributed by atoms with E-state index >= 15 is 0 Å². The second-order valence-corrected chi connectivity index (χ2v) is 6.43. The average molecular weight is 406 g/mol. The molecule has 2 amide bonds. The van der Waals surface area contributed by atoms with E-state index in [1.807, 2.05) is 18.2 Å². The van der Waals surface area contributed by atoms with Crippen molar-refractivity contribution in [3.05, 3.63) is 53.0 Å². The van der Waals surface area contributed by atoms with E-state index in [0.29, 0.717) is 17.1 Å². The average Bonchev–Trinajstić information content (AvgIpc) is 2.54. The van der Waals surface area contributed by atoms with Gasteiger partial charge in [0, 0.05) is 21.9 Å². The van der Waals surface area contributed by atoms with Crippen molar-refractivity contribution in [2.45, 2.75) is 0 Å². The number of rotatable bonds is 7. The molecular formula is C18H20BrN3O3. The third kappa shape index (κ3) is 6.56. The molecule has 0 bridgehead atoms. The first-order chi connectivity index (χ1) is 12.0. The van der Waals surface area contributed by atoms with E-state index in [9.17, 15) is 9.59 Å². The lowest BCUT2D eigenvalue weighted by molar-refractivity contribution is -0.119. The fourth-order valence-corrected chi connectivity index (χ4v) is 2.61. The molecule has 0 fully saturated rings. The van der Waals surface area contributed by atoms with Crippen molar-refractivity contribution in [2.75, 3.05) is 37.9 Å². The highest BCUT2D eigenvalue weighted by Gasteiger charge is 2.11. The summed E-state index contributed by atoms with van der Waals surface area (Å²) in [4.78, 5) is 25.8. The van der Waals surface area contributed by atoms with Gasteiger partial charge in [0.1, 0.15) is 5.75 Å². The van der Waals surface area contributed by atoms with Gasteiger partial charge in [-0.05, 0) is 37.4 Å². The molecule has 0 saturated heterocycles. The first-order valence-corrected chi connectivity index (χ1v) is 8.43. The molecule has 6 nitrogen and oxygen atoms in total. The zero-order valence-corrected chi connectivity index (χ0v) is 15.7. The van der Waals surface area contributed by atoms with Gasteiger partial charge < -0.3 is 15.4 Å². The van der Waals surface area contributed by atoms with E-state index in [2.05, 4.69) is 26.6 Å². The highest BCUT2D eigenvalue weighted by molar-refractivity contribution is 9.10. The number of carbonyl (C=O) groups excluding carboxylic acids is 2. The largest absolute Gasteiger partial charge is 0.497 e. The molecule has 0 unspecified atom stereocenters. The number of nitrogens with zero attached hydrogens (tertiary/aromatic N) is 1. The SMILES string of the molecule is COc1cccc(NC(=O)CN(C)CC(=O)Nc2cccc(Br)c2)c1. The van der Waals surface area contributed by atoms with Crippen molar-refractivity contribution in [1.29, 1.82) is 0 Å². The van der Waals surface area contributed by atoms with Crippen molar-refractivity contribution < 1.29 is 14.3 Å². The predicted molar refractivity (Wildman–Crippen MR) is 102 cm³/mol. The maximum Gasteiger partial charge on any atom is 0.238 e. The topological polar surface area (TPSA) is 70.7 Å². The molecule has 0 radical (unpaired) electrons. The van der Waals surface area contributed by atoms with Crippen molar-refractivity contribution in [1.82, 2.24) is 4.90 Å². The number of halogens is 1. The van der Waals surface area contributed by atoms with Gasteiger partial charge >= 0.3 is 0 Å². The van der Waals surface area contributed by atoms with Crippen LogP contribution in [0.25, 0.3) is 0 Å². The van der Waals surface area contributed by atoms with E-state index in [0.717, 1.165) is 4.47 Å². The van der Waals surface area contributed by atoms with Crippen molar-refractivity contribution in [2.24, 2.45) is 0 Å². The standard InChI is InChI=1S/C18H20BrN3O3/c1-22(11-17(23)20-14-6-3-5-13(19)9-14)12-18(24)21-15-7-4-8-16(10-15)25-2/h3-10H,11-12H2,1-2H3,(H,20,23)(H,21,24). The molecule has 132 valence electrons. The zero-order valence-electron chi connectivity index (χ0n) is 14.1. The summed E-state index contributed by atoms with van der Waals surface area (Å²) in [5.41, 5.74) is 1.35. The Hall–Kier alpha value is -2.38. The van der Waals surface area contributed by atoms with Gasteiger partial charge in [0.25, 0.3) is 0 Å². The van der Waals surface area contributed by atoms with Crippen LogP contribution in [0.4, 0.5) is 11.4 Å². The number of nitrogens with one attached hydrogen (secondary N) is 2. The Balaban J connectivity index is 1.81. The van der Waals surface area contributed by atoms with E-state index in [4.69, 9.17) is 4.74 Å². The molecule has 2 aromatic rings. The maximum absolute atomic E-state index is 12.1. The fraction of sp³-hybridized carbons (Fsp3) is 0.222. The van der Waals surface area contributed by atoms with Crippen LogP contribution in [-0.4, -0.2) is 44.0 Å². The van der Waals surface area contributed by atoms with Gasteiger partial charge in [-0.3, -0.25) is 14.5 Å². The fourth-order valence-electron chi connectivity index (χ4n) is 2.21. The monoisotopic (exact) mass is 405 g/mol. The Kier molecular flexibility index (Phi) is 6.97. The number of hydrogen-bond donors (Lipinski definition) is 2. The second kappa shape index (κ2) is 9.19. The van der Waals surface area contributed by atoms with Gasteiger partial charge in [0.15, 0.2) is 0 Å². The molecule has 0 aromatic heterocycles. The Labute approximate surface area is 155 Å². The molecule has 0 aliphatic heterocycles. The maximum atomic E-state index is 12.1. The minimum Gasteiger partial charge on any atom is -0.497 e. The molecule has 2 aromatic carbocycles. The Morgan fingerprint density at radius 1 is 1.00 bits per heavy atom. The number of methoxy groups -OCH3 is 1. The summed E-state index contributed by atoms with van der Waals surface area (Å²) in [5.74, 6) is 0.278. The number of hydrogen-bond acceptors (Lipinski definition) is 4. The zero-order chi connectivity index (χ0) is 18.2. The lowest BCUT2D eigenvalue weighted by Gasteiger charge is -2.16. The number of ether oxygens (including phenoxy) is 1. The van der Waals surface area contributed by atoms with E-state index < -0.39 is 0 Å². The van der Waals surface area contributed by atoms with Crippen LogP contribution < -0.4 is 15.4 Å². The summed E-state index contributed by atoms with van der Waals surface area (Å²) >= 11 is 3.35. The number of anilines is 2. The molecule has 2 rings (SSSR count). The molecule has 25 heavy (non-hydrogen) atoms. The van der Waals surface area contributed by atoms with Crippen molar-refractivity contribution in [3.63, 3.8) is 0 Å². The lowest BCUT2D eigenvalue weighted by atomic mass is 10.3. The van der Waals surface area contributed by atoms with Gasteiger partial charge in [-0.15, -0.1) is 0 Å². The normalized spacial score (nSPS) is 10.4. The Bertz CT molecular complexity index is 752. The molecule has 0 atom stereocenters. The van der Waals surface area contributed by atoms with Gasteiger partial charge in [-0.1, -0.05) is 28.1 Å². The number of likely N-dealkylation sites (N-methyl/N-ethyl adjacent to an activating group) is 1. The molecule has 2 N–H and O–H groups in total. The van der Waals surface area contributed by atoms with Crippen LogP contribution in [0.2, 0.25) is 0 Å². The molecule has 0 heterocycles. The number of amides is 2.